The molecule has 5 nitrogen and oxygen atoms in total. The van der Waals surface area contributed by atoms with Crippen molar-refractivity contribution in [2.24, 2.45) is 5.84 Å². The van der Waals surface area contributed by atoms with Crippen LogP contribution in [0.25, 0.3) is 10.1 Å². The van der Waals surface area contributed by atoms with Crippen molar-refractivity contribution in [1.82, 2.24) is 20.2 Å². The molecule has 0 aliphatic heterocycles. The summed E-state index contributed by atoms with van der Waals surface area (Å²) in [6, 6.07) is 8.44. The lowest BCUT2D eigenvalue weighted by Gasteiger charge is -2.15. The number of nitrogens with one attached hydrogen (secondary N) is 1. The van der Waals surface area contributed by atoms with Gasteiger partial charge in [-0.2, -0.15) is 5.10 Å². The van der Waals surface area contributed by atoms with Crippen LogP contribution in [0.3, 0.4) is 0 Å². The lowest BCUT2D eigenvalue weighted by atomic mass is 10.0. The van der Waals surface area contributed by atoms with Crippen molar-refractivity contribution in [3.05, 3.63) is 47.4 Å². The summed E-state index contributed by atoms with van der Waals surface area (Å²) < 4.78 is 3.24. The Morgan fingerprint density at radius 1 is 1.38 bits per heavy atom. The second-order valence-corrected chi connectivity index (χ2v) is 5.92. The molecule has 0 radical (unpaired) electrons. The third kappa shape index (κ3) is 2.83. The Labute approximate surface area is 127 Å². The van der Waals surface area contributed by atoms with E-state index in [9.17, 15) is 0 Å². The smallest absolute Gasteiger partial charge is 0.138 e. The number of nitrogens with two attached hydrogens (primary N) is 1. The van der Waals surface area contributed by atoms with Crippen molar-refractivity contribution in [3.8, 4) is 0 Å². The Hall–Kier alpha value is -1.76. The Morgan fingerprint density at radius 3 is 3.05 bits per heavy atom. The first kappa shape index (κ1) is 14.2. The minimum Gasteiger partial charge on any atom is -0.271 e. The second kappa shape index (κ2) is 6.34. The van der Waals surface area contributed by atoms with E-state index < -0.39 is 0 Å². The fourth-order valence-corrected chi connectivity index (χ4v) is 3.57. The number of benzene rings is 1. The fraction of sp³-hybridized carbons (Fsp3) is 0.333. The van der Waals surface area contributed by atoms with Crippen LogP contribution in [0.5, 0.6) is 0 Å². The molecule has 1 unspecified atom stereocenters. The summed E-state index contributed by atoms with van der Waals surface area (Å²) in [5.41, 5.74) is 4.16. The molecule has 0 aliphatic rings. The number of fused-ring (bicyclic) bond motifs is 1. The van der Waals surface area contributed by atoms with E-state index in [1.165, 1.54) is 15.6 Å². The van der Waals surface area contributed by atoms with E-state index in [0.29, 0.717) is 0 Å². The number of nitrogens with zero attached hydrogens (tertiary/aromatic N) is 3. The maximum absolute atomic E-state index is 5.79. The van der Waals surface area contributed by atoms with Crippen LogP contribution < -0.4 is 11.3 Å². The van der Waals surface area contributed by atoms with E-state index in [-0.39, 0.29) is 6.04 Å². The summed E-state index contributed by atoms with van der Waals surface area (Å²) in [5.74, 6) is 6.76. The Balaban J connectivity index is 1.90. The van der Waals surface area contributed by atoms with Gasteiger partial charge in [0.1, 0.15) is 12.2 Å². The molecule has 0 aliphatic carbocycles. The van der Waals surface area contributed by atoms with Crippen molar-refractivity contribution in [3.63, 3.8) is 0 Å². The first-order valence-electron chi connectivity index (χ1n) is 7.12. The summed E-state index contributed by atoms with van der Waals surface area (Å²) >= 11 is 1.75. The normalized spacial score (nSPS) is 12.9. The molecule has 1 aromatic carbocycles. The quantitative estimate of drug-likeness (QED) is 0.542. The summed E-state index contributed by atoms with van der Waals surface area (Å²) in [4.78, 5) is 4.37. The van der Waals surface area contributed by atoms with Crippen molar-refractivity contribution in [2.45, 2.75) is 32.4 Å². The van der Waals surface area contributed by atoms with Gasteiger partial charge in [-0.3, -0.25) is 16.0 Å². The van der Waals surface area contributed by atoms with Crippen LogP contribution in [0, 0.1) is 0 Å². The van der Waals surface area contributed by atoms with Gasteiger partial charge in [-0.25, -0.2) is 4.98 Å². The summed E-state index contributed by atoms with van der Waals surface area (Å²) in [6.45, 7) is 3.02. The first-order valence-corrected chi connectivity index (χ1v) is 8.00. The van der Waals surface area contributed by atoms with Gasteiger partial charge in [0.25, 0.3) is 0 Å². The van der Waals surface area contributed by atoms with Gasteiger partial charge in [-0.1, -0.05) is 25.1 Å². The molecular formula is C15H19N5S. The highest BCUT2D eigenvalue weighted by atomic mass is 32.1. The molecule has 3 N–H and O–H groups in total. The summed E-state index contributed by atoms with van der Waals surface area (Å²) in [5, 5.41) is 7.71. The molecule has 0 saturated heterocycles. The molecule has 1 atom stereocenters. The van der Waals surface area contributed by atoms with E-state index in [4.69, 9.17) is 5.84 Å². The zero-order valence-electron chi connectivity index (χ0n) is 12.0. The largest absolute Gasteiger partial charge is 0.271 e. The van der Waals surface area contributed by atoms with Gasteiger partial charge >= 0.3 is 0 Å². The number of rotatable bonds is 6. The highest BCUT2D eigenvalue weighted by Crippen LogP contribution is 2.31. The Morgan fingerprint density at radius 2 is 2.24 bits per heavy atom. The third-order valence-electron chi connectivity index (χ3n) is 3.61. The zero-order chi connectivity index (χ0) is 14.7. The van der Waals surface area contributed by atoms with E-state index >= 15 is 0 Å². The second-order valence-electron chi connectivity index (χ2n) is 5.01. The van der Waals surface area contributed by atoms with Crippen molar-refractivity contribution in [2.75, 3.05) is 0 Å². The van der Waals surface area contributed by atoms with Crippen LogP contribution in [0.2, 0.25) is 0 Å². The highest BCUT2D eigenvalue weighted by molar-refractivity contribution is 7.17. The molecule has 2 heterocycles. The van der Waals surface area contributed by atoms with Crippen LogP contribution in [0.1, 0.15) is 30.8 Å². The Kier molecular flexibility index (Phi) is 4.28. The van der Waals surface area contributed by atoms with Crippen molar-refractivity contribution in [1.29, 1.82) is 0 Å². The molecule has 6 heteroatoms. The summed E-state index contributed by atoms with van der Waals surface area (Å²) in [7, 11) is 0. The molecule has 3 aromatic rings. The van der Waals surface area contributed by atoms with Gasteiger partial charge in [0.15, 0.2) is 0 Å². The van der Waals surface area contributed by atoms with Crippen LogP contribution in [-0.2, 0) is 13.0 Å². The van der Waals surface area contributed by atoms with Gasteiger partial charge < -0.3 is 0 Å². The van der Waals surface area contributed by atoms with Crippen molar-refractivity contribution >= 4 is 21.4 Å². The van der Waals surface area contributed by atoms with Crippen LogP contribution in [-0.4, -0.2) is 14.8 Å². The fourth-order valence-electron chi connectivity index (χ4n) is 2.55. The predicted molar refractivity (Wildman–Crippen MR) is 85.9 cm³/mol. The Bertz CT molecular complexity index is 718. The van der Waals surface area contributed by atoms with Gasteiger partial charge in [0.05, 0.1) is 6.04 Å². The zero-order valence-corrected chi connectivity index (χ0v) is 12.8. The van der Waals surface area contributed by atoms with E-state index in [1.54, 1.807) is 17.7 Å². The molecule has 21 heavy (non-hydrogen) atoms. The molecule has 110 valence electrons. The standard InChI is InChI=1S/C15H19N5S/c1-2-7-20-15(17-10-18-20)8-13(19-16)12-9-21-14-6-4-3-5-11(12)14/h3-6,9-10,13,19H,2,7-8,16H2,1H3. The first-order chi connectivity index (χ1) is 10.3. The van der Waals surface area contributed by atoms with Crippen LogP contribution in [0.4, 0.5) is 0 Å². The van der Waals surface area contributed by atoms with Gasteiger partial charge in [-0.15, -0.1) is 11.3 Å². The number of hydrogen-bond donors (Lipinski definition) is 2. The number of hydrazine groups is 1. The number of aromatic nitrogens is 3. The topological polar surface area (TPSA) is 68.8 Å². The molecule has 0 fully saturated rings. The number of hydrogen-bond acceptors (Lipinski definition) is 5. The average molecular weight is 301 g/mol. The minimum absolute atomic E-state index is 0.0426. The lowest BCUT2D eigenvalue weighted by molar-refractivity contribution is 0.502. The summed E-state index contributed by atoms with van der Waals surface area (Å²) in [6.07, 6.45) is 3.39. The monoisotopic (exact) mass is 301 g/mol. The van der Waals surface area contributed by atoms with Crippen LogP contribution in [0.15, 0.2) is 36.0 Å². The third-order valence-corrected chi connectivity index (χ3v) is 4.59. The van der Waals surface area contributed by atoms with Gasteiger partial charge in [0, 0.05) is 17.7 Å². The van der Waals surface area contributed by atoms with Crippen molar-refractivity contribution < 1.29 is 0 Å². The maximum Gasteiger partial charge on any atom is 0.138 e. The van der Waals surface area contributed by atoms with Gasteiger partial charge in [-0.05, 0) is 28.8 Å². The molecule has 0 spiro atoms. The lowest BCUT2D eigenvalue weighted by Crippen LogP contribution is -2.30. The number of thiophene rings is 1. The molecule has 3 rings (SSSR count). The van der Waals surface area contributed by atoms with Gasteiger partial charge in [0.2, 0.25) is 0 Å². The molecular weight excluding hydrogens is 282 g/mol. The maximum atomic E-state index is 5.79. The van der Waals surface area contributed by atoms with E-state index in [1.807, 2.05) is 4.68 Å². The molecule has 0 amide bonds. The molecule has 0 bridgehead atoms. The molecule has 0 saturated carbocycles. The minimum atomic E-state index is 0.0426. The SMILES string of the molecule is CCCn1ncnc1CC(NN)c1csc2ccccc12. The highest BCUT2D eigenvalue weighted by Gasteiger charge is 2.18. The van der Waals surface area contributed by atoms with E-state index in [0.717, 1.165) is 25.2 Å². The molecule has 2 aromatic heterocycles. The van der Waals surface area contributed by atoms with Crippen LogP contribution >= 0.6 is 11.3 Å². The average Bonchev–Trinajstić information content (AvgIpc) is 3.12. The van der Waals surface area contributed by atoms with E-state index in [2.05, 4.69) is 52.1 Å². The predicted octanol–water partition coefficient (Wildman–Crippen LogP) is 2.65. The number of aryl methyl sites for hydroxylation is 1.